The Bertz CT molecular complexity index is 1240. The molecular weight excluding hydrogens is 459 g/mol. The van der Waals surface area contributed by atoms with Crippen LogP contribution >= 0.6 is 11.6 Å². The Morgan fingerprint density at radius 1 is 1.24 bits per heavy atom. The summed E-state index contributed by atoms with van der Waals surface area (Å²) < 4.78 is 14.5. The maximum atomic E-state index is 14.5. The molecule has 0 unspecified atom stereocenters. The number of nitrogens with one attached hydrogen (secondary N) is 3. The third-order valence-electron chi connectivity index (χ3n) is 5.77. The number of carbonyl (C=O) groups is 1. The lowest BCUT2D eigenvalue weighted by Crippen LogP contribution is -2.31. The van der Waals surface area contributed by atoms with Crippen LogP contribution in [0, 0.1) is 11.0 Å². The fraction of sp³-hybridized carbons (Fsp3) is 0.292. The first-order chi connectivity index (χ1) is 16.2. The summed E-state index contributed by atoms with van der Waals surface area (Å²) in [6, 6.07) is 10.1. The van der Waals surface area contributed by atoms with Crippen molar-refractivity contribution in [1.29, 1.82) is 0 Å². The lowest BCUT2D eigenvalue weighted by molar-refractivity contribution is 0.0963. The largest absolute Gasteiger partial charge is 0.785 e. The summed E-state index contributed by atoms with van der Waals surface area (Å²) in [5, 5.41) is 21.8. The molecule has 0 fully saturated rings. The van der Waals surface area contributed by atoms with Gasteiger partial charge in [0.05, 0.1) is 17.4 Å². The van der Waals surface area contributed by atoms with Crippen molar-refractivity contribution in [3.8, 4) is 0 Å². The molecule has 178 valence electrons. The van der Waals surface area contributed by atoms with Crippen molar-refractivity contribution in [2.75, 3.05) is 30.8 Å². The number of para-hydroxylation sites is 1. The molecule has 1 aliphatic rings. The molecular formula is C24H25ClFN6O2-. The van der Waals surface area contributed by atoms with Crippen LogP contribution < -0.4 is 16.0 Å². The number of halogens is 2. The van der Waals surface area contributed by atoms with E-state index in [4.69, 9.17) is 11.6 Å². The molecule has 4 rings (SSSR count). The number of carbonyl (C=O) groups excluding carboxylic acids is 1. The molecule has 10 heteroatoms. The molecule has 0 bridgehead atoms. The van der Waals surface area contributed by atoms with Crippen LogP contribution in [0.2, 0.25) is 5.02 Å². The van der Waals surface area contributed by atoms with Crippen molar-refractivity contribution < 1.29 is 9.18 Å². The molecule has 3 aromatic rings. The van der Waals surface area contributed by atoms with Crippen molar-refractivity contribution in [1.82, 2.24) is 20.3 Å². The van der Waals surface area contributed by atoms with Gasteiger partial charge in [0.2, 0.25) is 5.95 Å². The Morgan fingerprint density at radius 2 is 2.03 bits per heavy atom. The first-order valence-electron chi connectivity index (χ1n) is 10.8. The number of benzene rings is 2. The number of hydrogen-bond acceptors (Lipinski definition) is 7. The van der Waals surface area contributed by atoms with Gasteiger partial charge in [-0.1, -0.05) is 37.6 Å². The molecule has 3 N–H and O–H groups in total. The molecule has 1 amide bonds. The minimum atomic E-state index is -0.619. The second-order valence-corrected chi connectivity index (χ2v) is 9.16. The maximum Gasteiger partial charge on any atom is 0.253 e. The second kappa shape index (κ2) is 9.54. The fourth-order valence-electron chi connectivity index (χ4n) is 4.13. The van der Waals surface area contributed by atoms with E-state index in [0.717, 1.165) is 21.9 Å². The van der Waals surface area contributed by atoms with Gasteiger partial charge in [-0.3, -0.25) is 4.79 Å². The van der Waals surface area contributed by atoms with Gasteiger partial charge in [0, 0.05) is 18.2 Å². The predicted molar refractivity (Wildman–Crippen MR) is 132 cm³/mol. The number of fused-ring (bicyclic) bond motifs is 1. The first-order valence-corrected chi connectivity index (χ1v) is 11.2. The Morgan fingerprint density at radius 3 is 2.79 bits per heavy atom. The summed E-state index contributed by atoms with van der Waals surface area (Å²) in [7, 11) is 1.47. The van der Waals surface area contributed by atoms with E-state index < -0.39 is 11.7 Å². The molecule has 34 heavy (non-hydrogen) atoms. The highest BCUT2D eigenvalue weighted by atomic mass is 35.5. The van der Waals surface area contributed by atoms with Crippen molar-refractivity contribution >= 4 is 40.6 Å². The highest BCUT2D eigenvalue weighted by molar-refractivity contribution is 6.33. The zero-order valence-corrected chi connectivity index (χ0v) is 19.8. The highest BCUT2D eigenvalue weighted by Gasteiger charge is 2.27. The minimum absolute atomic E-state index is 0.0390. The smallest absolute Gasteiger partial charge is 0.253 e. The normalized spacial score (nSPS) is 15.2. The topological polar surface area (TPSA) is 105 Å². The van der Waals surface area contributed by atoms with Gasteiger partial charge in [0.15, 0.2) is 5.82 Å². The molecule has 2 aromatic carbocycles. The third kappa shape index (κ3) is 4.96. The van der Waals surface area contributed by atoms with Crippen LogP contribution in [0.1, 0.15) is 35.3 Å². The summed E-state index contributed by atoms with van der Waals surface area (Å²) in [6.45, 7) is 4.99. The van der Waals surface area contributed by atoms with E-state index in [1.165, 1.54) is 31.4 Å². The number of amides is 1. The van der Waals surface area contributed by atoms with Crippen LogP contribution in [0.5, 0.6) is 0 Å². The van der Waals surface area contributed by atoms with Crippen molar-refractivity contribution in [3.05, 3.63) is 75.3 Å². The van der Waals surface area contributed by atoms with Gasteiger partial charge in [0.25, 0.3) is 5.91 Å². The molecule has 0 spiro atoms. The van der Waals surface area contributed by atoms with Gasteiger partial charge in [-0.2, -0.15) is 4.98 Å². The monoisotopic (exact) mass is 483 g/mol. The van der Waals surface area contributed by atoms with E-state index in [-0.39, 0.29) is 33.5 Å². The standard InChI is InChI=1S/C24H25ClFN6O2/c1-24(2)13-32(34)10-9-14-11-15(7-8-17(14)24)29-23-28-12-18(25)21(31-23)30-20-16(22(33)27-3)5-4-6-19(20)26/h4-8,11-12H,9-10,13H2,1-3H3,(H,27,33)(H2,28,29,30,31)/q-1. The van der Waals surface area contributed by atoms with Crippen LogP contribution in [0.4, 0.5) is 27.5 Å². The number of aromatic nitrogens is 2. The number of hydrogen-bond donors (Lipinski definition) is 3. The lowest BCUT2D eigenvalue weighted by Gasteiger charge is -2.34. The van der Waals surface area contributed by atoms with Gasteiger partial charge < -0.3 is 26.2 Å². The van der Waals surface area contributed by atoms with Gasteiger partial charge in [0.1, 0.15) is 10.8 Å². The Labute approximate surface area is 202 Å². The quantitative estimate of drug-likeness (QED) is 0.481. The lowest BCUT2D eigenvalue weighted by atomic mass is 9.82. The van der Waals surface area contributed by atoms with E-state index in [0.29, 0.717) is 19.5 Å². The molecule has 0 saturated carbocycles. The fourth-order valence-corrected chi connectivity index (χ4v) is 4.26. The number of rotatable bonds is 5. The van der Waals surface area contributed by atoms with Crippen LogP contribution in [0.3, 0.4) is 0 Å². The van der Waals surface area contributed by atoms with Crippen molar-refractivity contribution in [3.63, 3.8) is 0 Å². The summed E-state index contributed by atoms with van der Waals surface area (Å²) in [6.07, 6.45) is 2.03. The van der Waals surface area contributed by atoms with Crippen LogP contribution in [-0.2, 0) is 11.8 Å². The molecule has 1 aromatic heterocycles. The summed E-state index contributed by atoms with van der Waals surface area (Å²) in [5.41, 5.74) is 2.79. The Hall–Kier alpha value is -3.27. The summed E-state index contributed by atoms with van der Waals surface area (Å²) >= 11 is 6.25. The highest BCUT2D eigenvalue weighted by Crippen LogP contribution is 2.33. The predicted octanol–water partition coefficient (Wildman–Crippen LogP) is 4.75. The second-order valence-electron chi connectivity index (χ2n) is 8.75. The van der Waals surface area contributed by atoms with Crippen LogP contribution in [0.15, 0.2) is 42.6 Å². The van der Waals surface area contributed by atoms with E-state index >= 15 is 0 Å². The molecule has 2 heterocycles. The Kier molecular flexibility index (Phi) is 6.70. The average Bonchev–Trinajstić information content (AvgIpc) is 2.91. The SMILES string of the molecule is CNC(=O)c1cccc(F)c1Nc1nc(Nc2ccc3c(c2)CCN([O-])CC3(C)C)ncc1Cl. The zero-order valence-electron chi connectivity index (χ0n) is 19.1. The molecule has 0 radical (unpaired) electrons. The number of anilines is 4. The molecule has 0 saturated heterocycles. The third-order valence-corrected chi connectivity index (χ3v) is 6.04. The van der Waals surface area contributed by atoms with Gasteiger partial charge in [-0.15, -0.1) is 0 Å². The molecule has 1 aliphatic heterocycles. The van der Waals surface area contributed by atoms with Crippen molar-refractivity contribution in [2.45, 2.75) is 25.7 Å². The zero-order chi connectivity index (χ0) is 24.5. The van der Waals surface area contributed by atoms with E-state index in [1.807, 2.05) is 18.2 Å². The average molecular weight is 484 g/mol. The van der Waals surface area contributed by atoms with Crippen LogP contribution in [0.25, 0.3) is 0 Å². The van der Waals surface area contributed by atoms with E-state index in [9.17, 15) is 14.4 Å². The van der Waals surface area contributed by atoms with Gasteiger partial charge in [-0.25, -0.2) is 9.37 Å². The van der Waals surface area contributed by atoms with Crippen LogP contribution in [-0.4, -0.2) is 41.1 Å². The molecule has 0 atom stereocenters. The van der Waals surface area contributed by atoms with Gasteiger partial charge in [-0.05, 0) is 54.9 Å². The maximum absolute atomic E-state index is 14.5. The number of nitrogens with zero attached hydrogens (tertiary/aromatic N) is 3. The molecule has 8 nitrogen and oxygen atoms in total. The first kappa shape index (κ1) is 23.9. The van der Waals surface area contributed by atoms with Crippen molar-refractivity contribution in [2.24, 2.45) is 0 Å². The number of hydroxylamine groups is 2. The van der Waals surface area contributed by atoms with Gasteiger partial charge >= 0.3 is 0 Å². The van der Waals surface area contributed by atoms with E-state index in [2.05, 4.69) is 39.8 Å². The Balaban J connectivity index is 1.62. The summed E-state index contributed by atoms with van der Waals surface area (Å²) in [4.78, 5) is 20.8. The van der Waals surface area contributed by atoms with E-state index in [1.54, 1.807) is 0 Å². The minimum Gasteiger partial charge on any atom is -0.785 e. The summed E-state index contributed by atoms with van der Waals surface area (Å²) in [5.74, 6) is -0.684. The molecule has 0 aliphatic carbocycles.